The minimum absolute atomic E-state index is 0.0208. The van der Waals surface area contributed by atoms with Gasteiger partial charge < -0.3 is 20.1 Å². The van der Waals surface area contributed by atoms with Crippen LogP contribution >= 0.6 is 0 Å². The van der Waals surface area contributed by atoms with Crippen LogP contribution in [0.25, 0.3) is 16.7 Å². The van der Waals surface area contributed by atoms with Gasteiger partial charge in [0.25, 0.3) is 11.7 Å². The van der Waals surface area contributed by atoms with E-state index in [1.165, 1.54) is 17.0 Å². The summed E-state index contributed by atoms with van der Waals surface area (Å²) in [5.74, 6) is -3.40. The number of nitrogens with zero attached hydrogens (tertiary/aromatic N) is 2. The van der Waals surface area contributed by atoms with Gasteiger partial charge in [-0.3, -0.25) is 19.3 Å². The second-order valence-electron chi connectivity index (χ2n) is 8.98. The lowest BCUT2D eigenvalue weighted by atomic mass is 9.79. The fourth-order valence-corrected chi connectivity index (χ4v) is 5.28. The molecule has 0 aliphatic carbocycles. The molecule has 1 atom stereocenters. The molecule has 3 N–H and O–H groups in total. The molecular formula is C30H27N3O5. The standard InChI is InChI=1S/C30H27N3O5/c1-3-32(4-2)29(38)30(21-18-31-22-15-9-8-14-20(21)22)25(26(35)19-12-6-5-7-13-19)27(36)28(37)33(30)23-16-10-11-17-24(23)34/h5-18,31,34-35H,3-4H2,1-2H3/b26-25-. The zero-order valence-electron chi connectivity index (χ0n) is 21.0. The molecule has 2 heterocycles. The van der Waals surface area contributed by atoms with Gasteiger partial charge in [0.05, 0.1) is 11.3 Å². The number of carbonyl (C=O) groups is 3. The number of aliphatic hydroxyl groups excluding tert-OH is 1. The number of hydrogen-bond donors (Lipinski definition) is 3. The number of aromatic nitrogens is 1. The molecule has 8 heteroatoms. The predicted octanol–water partition coefficient (Wildman–Crippen LogP) is 4.52. The number of nitrogens with one attached hydrogen (secondary N) is 1. The van der Waals surface area contributed by atoms with Crippen LogP contribution < -0.4 is 4.90 Å². The lowest BCUT2D eigenvalue weighted by molar-refractivity contribution is -0.136. The normalized spacial score (nSPS) is 18.7. The van der Waals surface area contributed by atoms with E-state index < -0.39 is 28.9 Å². The zero-order valence-corrected chi connectivity index (χ0v) is 21.0. The number of benzene rings is 3. The van der Waals surface area contributed by atoms with Gasteiger partial charge in [-0.25, -0.2) is 0 Å². The average Bonchev–Trinajstić information content (AvgIpc) is 3.47. The van der Waals surface area contributed by atoms with Gasteiger partial charge in [0.2, 0.25) is 0 Å². The van der Waals surface area contributed by atoms with Gasteiger partial charge in [-0.1, -0.05) is 60.7 Å². The molecule has 5 rings (SSSR count). The first kappa shape index (κ1) is 24.8. The first-order valence-corrected chi connectivity index (χ1v) is 12.4. The molecule has 2 amide bonds. The van der Waals surface area contributed by atoms with Gasteiger partial charge in [-0.05, 0) is 32.0 Å². The third-order valence-corrected chi connectivity index (χ3v) is 7.07. The van der Waals surface area contributed by atoms with Crippen molar-refractivity contribution in [1.29, 1.82) is 0 Å². The number of anilines is 1. The van der Waals surface area contributed by atoms with Crippen LogP contribution in [0.5, 0.6) is 5.75 Å². The van der Waals surface area contributed by atoms with E-state index in [1.54, 1.807) is 74.6 Å². The maximum atomic E-state index is 14.7. The summed E-state index contributed by atoms with van der Waals surface area (Å²) in [7, 11) is 0. The molecule has 38 heavy (non-hydrogen) atoms. The highest BCUT2D eigenvalue weighted by atomic mass is 16.3. The number of phenolic OH excluding ortho intramolecular Hbond substituents is 1. The molecule has 0 spiro atoms. The van der Waals surface area contributed by atoms with Crippen molar-refractivity contribution >= 4 is 39.9 Å². The van der Waals surface area contributed by atoms with Crippen molar-refractivity contribution in [2.75, 3.05) is 18.0 Å². The van der Waals surface area contributed by atoms with Gasteiger partial charge in [0.1, 0.15) is 11.5 Å². The molecule has 192 valence electrons. The number of likely N-dealkylation sites (N-methyl/N-ethyl adjacent to an activating group) is 1. The summed E-state index contributed by atoms with van der Waals surface area (Å²) >= 11 is 0. The van der Waals surface area contributed by atoms with E-state index in [0.717, 1.165) is 4.90 Å². The van der Waals surface area contributed by atoms with Crippen molar-refractivity contribution in [2.45, 2.75) is 19.4 Å². The number of fused-ring (bicyclic) bond motifs is 1. The SMILES string of the molecule is CCN(CC)C(=O)C1(c2c[nH]c3ccccc23)/C(=C(\O)c2ccccc2)C(=O)C(=O)N1c1ccccc1O. The molecule has 1 aromatic heterocycles. The monoisotopic (exact) mass is 509 g/mol. The Kier molecular flexibility index (Phi) is 6.24. The number of hydrogen-bond acceptors (Lipinski definition) is 5. The first-order chi connectivity index (χ1) is 18.4. The molecule has 0 bridgehead atoms. The molecule has 3 aromatic carbocycles. The number of carbonyl (C=O) groups excluding carboxylic acids is 3. The highest BCUT2D eigenvalue weighted by Gasteiger charge is 2.65. The highest BCUT2D eigenvalue weighted by Crippen LogP contribution is 2.51. The molecule has 1 saturated heterocycles. The van der Waals surface area contributed by atoms with E-state index in [4.69, 9.17) is 0 Å². The van der Waals surface area contributed by atoms with Gasteiger partial charge in [0.15, 0.2) is 5.54 Å². The second-order valence-corrected chi connectivity index (χ2v) is 8.98. The Labute approximate surface area is 219 Å². The topological polar surface area (TPSA) is 114 Å². The van der Waals surface area contributed by atoms with Crippen LogP contribution in [-0.4, -0.2) is 50.8 Å². The largest absolute Gasteiger partial charge is 0.507 e. The van der Waals surface area contributed by atoms with Crippen molar-refractivity contribution in [2.24, 2.45) is 0 Å². The minimum atomic E-state index is -2.11. The highest BCUT2D eigenvalue weighted by molar-refractivity contribution is 6.54. The Morgan fingerprint density at radius 1 is 0.921 bits per heavy atom. The molecular weight excluding hydrogens is 482 g/mol. The van der Waals surface area contributed by atoms with E-state index in [9.17, 15) is 24.6 Å². The second kappa shape index (κ2) is 9.55. The van der Waals surface area contributed by atoms with Crippen molar-refractivity contribution in [3.8, 4) is 5.75 Å². The summed E-state index contributed by atoms with van der Waals surface area (Å²) in [5.41, 5.74) is -1.23. The number of para-hydroxylation sites is 3. The fraction of sp³-hybridized carbons (Fsp3) is 0.167. The Balaban J connectivity index is 2.00. The number of rotatable bonds is 6. The minimum Gasteiger partial charge on any atom is -0.507 e. The molecule has 1 fully saturated rings. The van der Waals surface area contributed by atoms with E-state index >= 15 is 0 Å². The Morgan fingerprint density at radius 3 is 2.24 bits per heavy atom. The molecule has 1 unspecified atom stereocenters. The summed E-state index contributed by atoms with van der Waals surface area (Å²) in [6.07, 6.45) is 1.59. The predicted molar refractivity (Wildman–Crippen MR) is 144 cm³/mol. The average molecular weight is 510 g/mol. The van der Waals surface area contributed by atoms with Gasteiger partial charge >= 0.3 is 5.91 Å². The lowest BCUT2D eigenvalue weighted by Crippen LogP contribution is -2.56. The maximum absolute atomic E-state index is 14.7. The molecule has 1 aliphatic heterocycles. The van der Waals surface area contributed by atoms with Crippen molar-refractivity contribution < 1.29 is 24.6 Å². The number of aliphatic hydroxyl groups is 1. The van der Waals surface area contributed by atoms with Crippen LogP contribution in [-0.2, 0) is 19.9 Å². The van der Waals surface area contributed by atoms with Gasteiger partial charge in [0, 0.05) is 41.3 Å². The Bertz CT molecular complexity index is 1590. The Hall–Kier alpha value is -4.85. The Morgan fingerprint density at radius 2 is 1.55 bits per heavy atom. The van der Waals surface area contributed by atoms with Crippen LogP contribution in [0.2, 0.25) is 0 Å². The number of aromatic hydroxyl groups is 1. The molecule has 4 aromatic rings. The van der Waals surface area contributed by atoms with Crippen LogP contribution in [0.15, 0.2) is 90.6 Å². The quantitative estimate of drug-likeness (QED) is 0.201. The third kappa shape index (κ3) is 3.48. The number of Topliss-reactive ketones (excluding diaryl/α,β-unsaturated/α-hetero) is 1. The van der Waals surface area contributed by atoms with Crippen LogP contribution in [0.3, 0.4) is 0 Å². The number of H-pyrrole nitrogens is 1. The summed E-state index contributed by atoms with van der Waals surface area (Å²) < 4.78 is 0. The van der Waals surface area contributed by atoms with Crippen LogP contribution in [0.4, 0.5) is 5.69 Å². The van der Waals surface area contributed by atoms with Gasteiger partial charge in [-0.2, -0.15) is 0 Å². The number of aromatic amines is 1. The summed E-state index contributed by atoms with van der Waals surface area (Å²) in [5, 5.41) is 23.1. The molecule has 0 saturated carbocycles. The van der Waals surface area contributed by atoms with Gasteiger partial charge in [-0.15, -0.1) is 0 Å². The summed E-state index contributed by atoms with van der Waals surface area (Å²) in [4.78, 5) is 48.2. The molecule has 8 nitrogen and oxygen atoms in total. The van der Waals surface area contributed by atoms with Crippen LogP contribution in [0, 0.1) is 0 Å². The third-order valence-electron chi connectivity index (χ3n) is 7.07. The number of phenols is 1. The smallest absolute Gasteiger partial charge is 0.300 e. The lowest BCUT2D eigenvalue weighted by Gasteiger charge is -2.40. The summed E-state index contributed by atoms with van der Waals surface area (Å²) in [6.45, 7) is 4.17. The maximum Gasteiger partial charge on any atom is 0.300 e. The molecule has 0 radical (unpaired) electrons. The summed E-state index contributed by atoms with van der Waals surface area (Å²) in [6, 6.07) is 21.6. The van der Waals surface area contributed by atoms with Crippen LogP contribution in [0.1, 0.15) is 25.0 Å². The fourth-order valence-electron chi connectivity index (χ4n) is 5.28. The molecule has 1 aliphatic rings. The zero-order chi connectivity index (χ0) is 27.0. The first-order valence-electron chi connectivity index (χ1n) is 12.4. The van der Waals surface area contributed by atoms with E-state index in [0.29, 0.717) is 16.5 Å². The van der Waals surface area contributed by atoms with Crippen molar-refractivity contribution in [3.63, 3.8) is 0 Å². The van der Waals surface area contributed by atoms with E-state index in [1.807, 2.05) is 12.1 Å². The number of amides is 2. The van der Waals surface area contributed by atoms with Crippen molar-refractivity contribution in [3.05, 3.63) is 102 Å². The van der Waals surface area contributed by atoms with Crippen molar-refractivity contribution in [1.82, 2.24) is 9.88 Å². The van der Waals surface area contributed by atoms with E-state index in [-0.39, 0.29) is 35.7 Å². The number of ketones is 1. The van der Waals surface area contributed by atoms with E-state index in [2.05, 4.69) is 4.98 Å².